The van der Waals surface area contributed by atoms with E-state index in [1.165, 1.54) is 44.2 Å². The third-order valence-electron chi connectivity index (χ3n) is 6.49. The van der Waals surface area contributed by atoms with Crippen molar-refractivity contribution < 1.29 is 0 Å². The van der Waals surface area contributed by atoms with E-state index in [1.807, 2.05) is 6.20 Å². The van der Waals surface area contributed by atoms with Crippen molar-refractivity contribution in [1.82, 2.24) is 4.98 Å². The van der Waals surface area contributed by atoms with Gasteiger partial charge in [-0.1, -0.05) is 89.2 Å². The van der Waals surface area contributed by atoms with Gasteiger partial charge in [0.15, 0.2) is 0 Å². The van der Waals surface area contributed by atoms with Crippen LogP contribution >= 0.6 is 0 Å². The van der Waals surface area contributed by atoms with E-state index in [4.69, 9.17) is 4.98 Å². The van der Waals surface area contributed by atoms with E-state index in [1.54, 1.807) is 0 Å². The summed E-state index contributed by atoms with van der Waals surface area (Å²) in [4.78, 5) is 4.79. The van der Waals surface area contributed by atoms with Gasteiger partial charge >= 0.3 is 0 Å². The number of pyridine rings is 1. The SMILES string of the molecule is CC(C)(C)c1ccc(-c2ccc3c(c2)C(C)(C)c2ccc4ccccc4c2-3)nc1. The van der Waals surface area contributed by atoms with Crippen LogP contribution in [0.3, 0.4) is 0 Å². The van der Waals surface area contributed by atoms with Crippen LogP contribution in [0.2, 0.25) is 0 Å². The van der Waals surface area contributed by atoms with E-state index < -0.39 is 0 Å². The van der Waals surface area contributed by atoms with Crippen LogP contribution in [0, 0.1) is 0 Å². The Morgan fingerprint density at radius 1 is 0.793 bits per heavy atom. The third-order valence-corrected chi connectivity index (χ3v) is 6.49. The predicted octanol–water partition coefficient (Wildman–Crippen LogP) is 7.51. The largest absolute Gasteiger partial charge is 0.256 e. The average Bonchev–Trinajstić information content (AvgIpc) is 2.94. The van der Waals surface area contributed by atoms with E-state index in [-0.39, 0.29) is 10.8 Å². The first-order valence-corrected chi connectivity index (χ1v) is 10.4. The number of nitrogens with zero attached hydrogens (tertiary/aromatic N) is 1. The monoisotopic (exact) mass is 377 g/mol. The van der Waals surface area contributed by atoms with Gasteiger partial charge in [-0.15, -0.1) is 0 Å². The summed E-state index contributed by atoms with van der Waals surface area (Å²) in [6, 6.07) is 24.5. The first-order valence-electron chi connectivity index (χ1n) is 10.4. The lowest BCUT2D eigenvalue weighted by Crippen LogP contribution is -2.15. The summed E-state index contributed by atoms with van der Waals surface area (Å²) in [6.07, 6.45) is 2.02. The van der Waals surface area contributed by atoms with Crippen LogP contribution in [0.4, 0.5) is 0 Å². The molecule has 1 heteroatoms. The highest BCUT2D eigenvalue weighted by Gasteiger charge is 2.36. The van der Waals surface area contributed by atoms with Crippen LogP contribution in [-0.4, -0.2) is 4.98 Å². The van der Waals surface area contributed by atoms with Crippen molar-refractivity contribution >= 4 is 10.8 Å². The van der Waals surface area contributed by atoms with Crippen LogP contribution in [0.1, 0.15) is 51.3 Å². The summed E-state index contributed by atoms with van der Waals surface area (Å²) in [5, 5.41) is 2.65. The summed E-state index contributed by atoms with van der Waals surface area (Å²) in [6.45, 7) is 11.4. The van der Waals surface area contributed by atoms with Crippen LogP contribution in [-0.2, 0) is 10.8 Å². The van der Waals surface area contributed by atoms with Crippen molar-refractivity contribution in [3.63, 3.8) is 0 Å². The van der Waals surface area contributed by atoms with Gasteiger partial charge in [0.25, 0.3) is 0 Å². The Morgan fingerprint density at radius 3 is 2.31 bits per heavy atom. The molecular formula is C28H27N. The highest BCUT2D eigenvalue weighted by molar-refractivity contribution is 6.02. The third kappa shape index (κ3) is 2.72. The maximum Gasteiger partial charge on any atom is 0.0702 e. The zero-order valence-electron chi connectivity index (χ0n) is 17.9. The molecule has 0 radical (unpaired) electrons. The van der Waals surface area contributed by atoms with Crippen LogP contribution in [0.25, 0.3) is 33.2 Å². The molecule has 0 unspecified atom stereocenters. The molecule has 1 nitrogen and oxygen atoms in total. The zero-order valence-corrected chi connectivity index (χ0v) is 17.9. The van der Waals surface area contributed by atoms with E-state index in [0.29, 0.717) is 0 Å². The normalized spacial score (nSPS) is 14.7. The minimum Gasteiger partial charge on any atom is -0.256 e. The Kier molecular flexibility index (Phi) is 3.77. The first-order chi connectivity index (χ1) is 13.8. The van der Waals surface area contributed by atoms with E-state index in [2.05, 4.69) is 101 Å². The van der Waals surface area contributed by atoms with Crippen molar-refractivity contribution in [1.29, 1.82) is 0 Å². The van der Waals surface area contributed by atoms with Crippen molar-refractivity contribution in [3.05, 3.63) is 89.6 Å². The van der Waals surface area contributed by atoms with E-state index in [9.17, 15) is 0 Å². The van der Waals surface area contributed by atoms with Gasteiger partial charge in [0.2, 0.25) is 0 Å². The molecule has 0 saturated heterocycles. The van der Waals surface area contributed by atoms with Gasteiger partial charge in [-0.2, -0.15) is 0 Å². The second-order valence-corrected chi connectivity index (χ2v) is 9.78. The van der Waals surface area contributed by atoms with Crippen LogP contribution in [0.5, 0.6) is 0 Å². The smallest absolute Gasteiger partial charge is 0.0702 e. The summed E-state index contributed by atoms with van der Waals surface area (Å²) < 4.78 is 0. The Morgan fingerprint density at radius 2 is 1.59 bits per heavy atom. The molecule has 5 rings (SSSR count). The van der Waals surface area contributed by atoms with Crippen LogP contribution in [0.15, 0.2) is 72.9 Å². The minimum atomic E-state index is -0.0178. The number of aromatic nitrogens is 1. The van der Waals surface area contributed by atoms with E-state index in [0.717, 1.165) is 5.69 Å². The topological polar surface area (TPSA) is 12.9 Å². The highest BCUT2D eigenvalue weighted by atomic mass is 14.7. The number of fused-ring (bicyclic) bond motifs is 5. The standard InChI is InChI=1S/C28H27N/c1-27(2,3)20-12-15-25(29-17-20)19-10-13-22-24(16-19)28(4,5)23-14-11-18-8-6-7-9-21(18)26(22)23/h6-17H,1-5H3. The molecule has 0 fully saturated rings. The molecule has 144 valence electrons. The molecule has 0 N–H and O–H groups in total. The Labute approximate surface area is 173 Å². The lowest BCUT2D eigenvalue weighted by molar-refractivity contribution is 0.587. The average molecular weight is 378 g/mol. The molecule has 0 atom stereocenters. The summed E-state index contributed by atoms with van der Waals surface area (Å²) in [5.41, 5.74) is 9.16. The van der Waals surface area contributed by atoms with Gasteiger partial charge in [-0.25, -0.2) is 0 Å². The van der Waals surface area contributed by atoms with Gasteiger partial charge in [-0.05, 0) is 56.1 Å². The van der Waals surface area contributed by atoms with Gasteiger partial charge in [-0.3, -0.25) is 4.98 Å². The molecule has 4 aromatic rings. The molecule has 0 saturated carbocycles. The second kappa shape index (κ2) is 6.03. The molecule has 3 aromatic carbocycles. The molecule has 1 aromatic heterocycles. The van der Waals surface area contributed by atoms with Gasteiger partial charge in [0.1, 0.15) is 0 Å². The lowest BCUT2D eigenvalue weighted by atomic mass is 9.81. The highest BCUT2D eigenvalue weighted by Crippen LogP contribution is 2.51. The minimum absolute atomic E-state index is 0.0178. The summed E-state index contributed by atoms with van der Waals surface area (Å²) in [5.74, 6) is 0. The maximum absolute atomic E-state index is 4.79. The molecule has 0 bridgehead atoms. The molecule has 1 heterocycles. The molecule has 1 aliphatic carbocycles. The molecule has 0 aliphatic heterocycles. The molecular weight excluding hydrogens is 350 g/mol. The predicted molar refractivity (Wildman–Crippen MR) is 123 cm³/mol. The number of rotatable bonds is 1. The van der Waals surface area contributed by atoms with Crippen molar-refractivity contribution in [2.24, 2.45) is 0 Å². The van der Waals surface area contributed by atoms with E-state index >= 15 is 0 Å². The zero-order chi connectivity index (χ0) is 20.4. The maximum atomic E-state index is 4.79. The quantitative estimate of drug-likeness (QED) is 0.334. The first kappa shape index (κ1) is 18.1. The van der Waals surface area contributed by atoms with Crippen molar-refractivity contribution in [3.8, 4) is 22.4 Å². The number of hydrogen-bond donors (Lipinski definition) is 0. The number of hydrogen-bond acceptors (Lipinski definition) is 1. The van der Waals surface area contributed by atoms with Gasteiger partial charge < -0.3 is 0 Å². The van der Waals surface area contributed by atoms with Crippen LogP contribution < -0.4 is 0 Å². The fourth-order valence-electron chi connectivity index (χ4n) is 4.67. The second-order valence-electron chi connectivity index (χ2n) is 9.78. The van der Waals surface area contributed by atoms with Gasteiger partial charge in [0, 0.05) is 17.2 Å². The fraction of sp³-hybridized carbons (Fsp3) is 0.250. The molecule has 0 spiro atoms. The van der Waals surface area contributed by atoms with Crippen molar-refractivity contribution in [2.45, 2.75) is 45.4 Å². The van der Waals surface area contributed by atoms with Gasteiger partial charge in [0.05, 0.1) is 5.69 Å². The Hall–Kier alpha value is -2.93. The molecule has 0 amide bonds. The van der Waals surface area contributed by atoms with Crippen molar-refractivity contribution in [2.75, 3.05) is 0 Å². The Balaban J connectivity index is 1.67. The molecule has 29 heavy (non-hydrogen) atoms. The summed E-state index contributed by atoms with van der Waals surface area (Å²) >= 11 is 0. The summed E-state index contributed by atoms with van der Waals surface area (Å²) in [7, 11) is 0. The number of benzene rings is 3. The molecule has 1 aliphatic rings. The lowest BCUT2D eigenvalue weighted by Gasteiger charge is -2.22. The Bertz CT molecular complexity index is 1240. The fourth-order valence-corrected chi connectivity index (χ4v) is 4.67.